The average molecular weight is 351 g/mol. The molecule has 0 aliphatic rings. The van der Waals surface area contributed by atoms with Crippen molar-refractivity contribution in [3.05, 3.63) is 60.2 Å². The van der Waals surface area contributed by atoms with E-state index < -0.39 is 0 Å². The predicted molar refractivity (Wildman–Crippen MR) is 98.6 cm³/mol. The maximum atomic E-state index is 12.3. The van der Waals surface area contributed by atoms with E-state index in [4.69, 9.17) is 0 Å². The van der Waals surface area contributed by atoms with Crippen molar-refractivity contribution in [2.24, 2.45) is 0 Å². The molecule has 126 valence electrons. The number of aromatic nitrogens is 4. The van der Waals surface area contributed by atoms with E-state index in [1.54, 1.807) is 0 Å². The van der Waals surface area contributed by atoms with Gasteiger partial charge in [-0.05, 0) is 24.6 Å². The SMILES string of the molecule is CC(NC(=O)CSc1n[nH]c2nc3ccccc3n12)c1ccccc1. The number of thioether (sulfide) groups is 1. The smallest absolute Gasteiger partial charge is 0.231 e. The maximum Gasteiger partial charge on any atom is 0.231 e. The van der Waals surface area contributed by atoms with Gasteiger partial charge in [0.1, 0.15) is 0 Å². The molecule has 6 nitrogen and oxygen atoms in total. The van der Waals surface area contributed by atoms with Gasteiger partial charge < -0.3 is 5.32 Å². The number of rotatable bonds is 5. The highest BCUT2D eigenvalue weighted by atomic mass is 32.2. The molecule has 0 saturated heterocycles. The first-order chi connectivity index (χ1) is 12.2. The summed E-state index contributed by atoms with van der Waals surface area (Å²) in [5, 5.41) is 10.9. The fourth-order valence-electron chi connectivity index (χ4n) is 2.78. The molecule has 1 amide bonds. The van der Waals surface area contributed by atoms with Crippen LogP contribution >= 0.6 is 11.8 Å². The second kappa shape index (κ2) is 6.60. The predicted octanol–water partition coefficient (Wildman–Crippen LogP) is 3.18. The van der Waals surface area contributed by atoms with Gasteiger partial charge in [-0.3, -0.25) is 9.20 Å². The molecule has 2 heterocycles. The third-order valence-corrected chi connectivity index (χ3v) is 4.95. The number of aromatic amines is 1. The number of carbonyl (C=O) groups excluding carboxylic acids is 1. The molecule has 0 fully saturated rings. The zero-order valence-corrected chi connectivity index (χ0v) is 14.5. The first kappa shape index (κ1) is 15.7. The van der Waals surface area contributed by atoms with Crippen LogP contribution in [0.1, 0.15) is 18.5 Å². The minimum atomic E-state index is -0.0260. The number of nitrogens with one attached hydrogen (secondary N) is 2. The van der Waals surface area contributed by atoms with E-state index in [0.29, 0.717) is 11.5 Å². The van der Waals surface area contributed by atoms with Crippen molar-refractivity contribution in [3.63, 3.8) is 0 Å². The van der Waals surface area contributed by atoms with E-state index in [1.807, 2.05) is 65.9 Å². The van der Waals surface area contributed by atoms with Gasteiger partial charge in [0.15, 0.2) is 5.16 Å². The number of imidazole rings is 1. The Morgan fingerprint density at radius 1 is 1.20 bits per heavy atom. The Kier molecular flexibility index (Phi) is 4.15. The second-order valence-electron chi connectivity index (χ2n) is 5.75. The lowest BCUT2D eigenvalue weighted by molar-refractivity contribution is -0.119. The number of fused-ring (bicyclic) bond motifs is 3. The largest absolute Gasteiger partial charge is 0.349 e. The van der Waals surface area contributed by atoms with E-state index in [9.17, 15) is 4.79 Å². The lowest BCUT2D eigenvalue weighted by Gasteiger charge is -2.13. The summed E-state index contributed by atoms with van der Waals surface area (Å²) in [6, 6.07) is 17.8. The number of carbonyl (C=O) groups is 1. The number of amides is 1. The van der Waals surface area contributed by atoms with Crippen molar-refractivity contribution in [2.45, 2.75) is 18.1 Å². The Morgan fingerprint density at radius 3 is 2.80 bits per heavy atom. The summed E-state index contributed by atoms with van der Waals surface area (Å²) in [6.45, 7) is 1.98. The molecule has 0 aliphatic carbocycles. The standard InChI is InChI=1S/C18H17N5OS/c1-12(13-7-3-2-4-8-13)19-16(24)11-25-18-22-21-17-20-14-9-5-6-10-15(14)23(17)18/h2-10,12H,11H2,1H3,(H,19,24)(H,20,21). The van der Waals surface area contributed by atoms with E-state index in [0.717, 1.165) is 21.8 Å². The third-order valence-electron chi connectivity index (χ3n) is 4.01. The van der Waals surface area contributed by atoms with Crippen LogP contribution in [0.15, 0.2) is 59.8 Å². The molecule has 0 radical (unpaired) electrons. The summed E-state index contributed by atoms with van der Waals surface area (Å²) in [4.78, 5) is 16.7. The van der Waals surface area contributed by atoms with Crippen LogP contribution in [0.4, 0.5) is 0 Å². The summed E-state index contributed by atoms with van der Waals surface area (Å²) in [6.07, 6.45) is 0. The Hall–Kier alpha value is -2.80. The van der Waals surface area contributed by atoms with Crippen LogP contribution in [0.3, 0.4) is 0 Å². The van der Waals surface area contributed by atoms with Gasteiger partial charge in [-0.1, -0.05) is 54.2 Å². The van der Waals surface area contributed by atoms with Gasteiger partial charge in [-0.15, -0.1) is 5.10 Å². The zero-order valence-electron chi connectivity index (χ0n) is 13.6. The van der Waals surface area contributed by atoms with Crippen LogP contribution in [-0.4, -0.2) is 31.2 Å². The monoisotopic (exact) mass is 351 g/mol. The lowest BCUT2D eigenvalue weighted by Crippen LogP contribution is -2.28. The summed E-state index contributed by atoms with van der Waals surface area (Å²) >= 11 is 1.39. The highest BCUT2D eigenvalue weighted by molar-refractivity contribution is 7.99. The molecule has 2 N–H and O–H groups in total. The molecule has 0 aliphatic heterocycles. The molecule has 0 saturated carbocycles. The van der Waals surface area contributed by atoms with E-state index >= 15 is 0 Å². The Morgan fingerprint density at radius 2 is 1.96 bits per heavy atom. The van der Waals surface area contributed by atoms with Crippen molar-refractivity contribution in [1.82, 2.24) is 24.9 Å². The molecule has 7 heteroatoms. The molecule has 1 unspecified atom stereocenters. The number of nitrogens with zero attached hydrogens (tertiary/aromatic N) is 3. The molecule has 4 rings (SSSR count). The average Bonchev–Trinajstić information content (AvgIpc) is 3.20. The summed E-state index contributed by atoms with van der Waals surface area (Å²) in [7, 11) is 0. The van der Waals surface area contributed by atoms with Crippen molar-refractivity contribution in [3.8, 4) is 0 Å². The highest BCUT2D eigenvalue weighted by Crippen LogP contribution is 2.23. The molecular formula is C18H17N5OS. The minimum Gasteiger partial charge on any atom is -0.349 e. The second-order valence-corrected chi connectivity index (χ2v) is 6.70. The van der Waals surface area contributed by atoms with Crippen molar-refractivity contribution in [2.75, 3.05) is 5.75 Å². The third kappa shape index (κ3) is 3.10. The van der Waals surface area contributed by atoms with Gasteiger partial charge in [0.25, 0.3) is 0 Å². The van der Waals surface area contributed by atoms with Crippen LogP contribution in [-0.2, 0) is 4.79 Å². The fraction of sp³-hybridized carbons (Fsp3) is 0.167. The van der Waals surface area contributed by atoms with Crippen LogP contribution in [0, 0.1) is 0 Å². The topological polar surface area (TPSA) is 75.1 Å². The lowest BCUT2D eigenvalue weighted by atomic mass is 10.1. The number of H-pyrrole nitrogens is 1. The van der Waals surface area contributed by atoms with Gasteiger partial charge in [0.2, 0.25) is 11.7 Å². The van der Waals surface area contributed by atoms with Crippen molar-refractivity contribution >= 4 is 34.5 Å². The van der Waals surface area contributed by atoms with Crippen molar-refractivity contribution < 1.29 is 4.79 Å². The van der Waals surface area contributed by atoms with Gasteiger partial charge in [0, 0.05) is 0 Å². The molecule has 2 aromatic carbocycles. The molecule has 0 bridgehead atoms. The number of benzene rings is 2. The van der Waals surface area contributed by atoms with E-state index in [-0.39, 0.29) is 11.9 Å². The fourth-order valence-corrected chi connectivity index (χ4v) is 3.55. The van der Waals surface area contributed by atoms with Gasteiger partial charge >= 0.3 is 0 Å². The maximum absolute atomic E-state index is 12.3. The Bertz CT molecular complexity index is 1020. The summed E-state index contributed by atoms with van der Waals surface area (Å²) in [5.74, 6) is 0.951. The number of para-hydroxylation sites is 2. The zero-order chi connectivity index (χ0) is 17.2. The number of hydrogen-bond donors (Lipinski definition) is 2. The quantitative estimate of drug-likeness (QED) is 0.542. The van der Waals surface area contributed by atoms with Gasteiger partial charge in [-0.2, -0.15) is 0 Å². The molecular weight excluding hydrogens is 334 g/mol. The first-order valence-corrected chi connectivity index (χ1v) is 8.99. The first-order valence-electron chi connectivity index (χ1n) is 8.01. The van der Waals surface area contributed by atoms with Crippen LogP contribution < -0.4 is 5.32 Å². The molecule has 25 heavy (non-hydrogen) atoms. The van der Waals surface area contributed by atoms with Crippen LogP contribution in [0.5, 0.6) is 0 Å². The van der Waals surface area contributed by atoms with Crippen LogP contribution in [0.25, 0.3) is 16.8 Å². The molecule has 0 spiro atoms. The molecule has 4 aromatic rings. The van der Waals surface area contributed by atoms with Gasteiger partial charge in [-0.25, -0.2) is 10.1 Å². The highest BCUT2D eigenvalue weighted by Gasteiger charge is 2.14. The molecule has 1 atom stereocenters. The Labute approximate surface area is 148 Å². The van der Waals surface area contributed by atoms with Gasteiger partial charge in [0.05, 0.1) is 22.8 Å². The van der Waals surface area contributed by atoms with E-state index in [1.165, 1.54) is 11.8 Å². The van der Waals surface area contributed by atoms with E-state index in [2.05, 4.69) is 20.5 Å². The normalized spacial score (nSPS) is 12.5. The summed E-state index contributed by atoms with van der Waals surface area (Å²) < 4.78 is 1.94. The van der Waals surface area contributed by atoms with Crippen molar-refractivity contribution in [1.29, 1.82) is 0 Å². The number of hydrogen-bond acceptors (Lipinski definition) is 4. The minimum absolute atomic E-state index is 0.0254. The van der Waals surface area contributed by atoms with Crippen LogP contribution in [0.2, 0.25) is 0 Å². The summed E-state index contributed by atoms with van der Waals surface area (Å²) in [5.41, 5.74) is 2.97. The molecule has 2 aromatic heterocycles. The Balaban J connectivity index is 1.46.